The highest BCUT2D eigenvalue weighted by atomic mass is 32.1. The maximum Gasteiger partial charge on any atom is 0.0620 e. The Morgan fingerprint density at radius 2 is 2.44 bits per heavy atom. The predicted octanol–water partition coefficient (Wildman–Crippen LogP) is 0.669. The van der Waals surface area contributed by atoms with Crippen LogP contribution in [0.4, 0.5) is 0 Å². The molecule has 1 aromatic heterocycles. The first-order valence-electron chi connectivity index (χ1n) is 2.43. The van der Waals surface area contributed by atoms with Crippen molar-refractivity contribution in [3.8, 4) is 0 Å². The standard InChI is InChI=1S/C3H7N.C2H2N2S/c1-2-3-4;1-2-5-4-3-1/h2H,1,3-4H2;1-2H. The molecule has 3 nitrogen and oxygen atoms in total. The van der Waals surface area contributed by atoms with Crippen molar-refractivity contribution in [3.63, 3.8) is 0 Å². The van der Waals surface area contributed by atoms with Gasteiger partial charge in [0.25, 0.3) is 0 Å². The fraction of sp³-hybridized carbons (Fsp3) is 0.200. The summed E-state index contributed by atoms with van der Waals surface area (Å²) in [5, 5.41) is 5.31. The molecule has 9 heavy (non-hydrogen) atoms. The Morgan fingerprint density at radius 1 is 1.78 bits per heavy atom. The Bertz CT molecular complexity index is 110. The lowest BCUT2D eigenvalue weighted by Crippen LogP contribution is -1.90. The van der Waals surface area contributed by atoms with E-state index in [-0.39, 0.29) is 0 Å². The Balaban J connectivity index is 0.000000148. The summed E-state index contributed by atoms with van der Waals surface area (Å²) in [6.45, 7) is 3.94. The van der Waals surface area contributed by atoms with E-state index in [4.69, 9.17) is 5.73 Å². The third-order valence-corrected chi connectivity index (χ3v) is 0.881. The summed E-state index contributed by atoms with van der Waals surface area (Å²) >= 11 is 1.35. The Labute approximate surface area is 58.4 Å². The summed E-state index contributed by atoms with van der Waals surface area (Å²) < 4.78 is 3.51. The first kappa shape index (κ1) is 8.26. The highest BCUT2D eigenvalue weighted by Crippen LogP contribution is 1.78. The van der Waals surface area contributed by atoms with Crippen LogP contribution in [0.25, 0.3) is 0 Å². The van der Waals surface area contributed by atoms with E-state index in [1.807, 2.05) is 5.38 Å². The van der Waals surface area contributed by atoms with Gasteiger partial charge in [0.15, 0.2) is 0 Å². The van der Waals surface area contributed by atoms with E-state index in [2.05, 4.69) is 16.2 Å². The molecule has 0 saturated carbocycles. The highest BCUT2D eigenvalue weighted by molar-refractivity contribution is 7.03. The minimum atomic E-state index is 0.583. The van der Waals surface area contributed by atoms with E-state index in [0.717, 1.165) is 0 Å². The van der Waals surface area contributed by atoms with Gasteiger partial charge in [0, 0.05) is 11.9 Å². The molecule has 0 bridgehead atoms. The van der Waals surface area contributed by atoms with Gasteiger partial charge in [-0.25, -0.2) is 0 Å². The SMILES string of the molecule is C=CCN.c1csnn1. The van der Waals surface area contributed by atoms with Gasteiger partial charge in [-0.15, -0.1) is 11.7 Å². The van der Waals surface area contributed by atoms with Crippen LogP contribution in [-0.4, -0.2) is 16.1 Å². The fourth-order valence-electron chi connectivity index (χ4n) is 0.136. The molecule has 1 heterocycles. The van der Waals surface area contributed by atoms with Crippen molar-refractivity contribution in [2.45, 2.75) is 0 Å². The molecule has 1 aromatic rings. The van der Waals surface area contributed by atoms with Crippen molar-refractivity contribution in [1.29, 1.82) is 0 Å². The number of hydrogen-bond donors (Lipinski definition) is 1. The molecule has 0 unspecified atom stereocenters. The molecular weight excluding hydrogens is 134 g/mol. The zero-order chi connectivity index (χ0) is 6.95. The lowest BCUT2D eigenvalue weighted by atomic mass is 10.7. The van der Waals surface area contributed by atoms with Crippen molar-refractivity contribution in [3.05, 3.63) is 24.2 Å². The summed E-state index contributed by atoms with van der Waals surface area (Å²) in [6, 6.07) is 0. The number of aromatic nitrogens is 2. The lowest BCUT2D eigenvalue weighted by Gasteiger charge is -1.61. The van der Waals surface area contributed by atoms with Crippen molar-refractivity contribution < 1.29 is 0 Å². The van der Waals surface area contributed by atoms with Gasteiger partial charge < -0.3 is 5.73 Å². The number of nitrogens with zero attached hydrogens (tertiary/aromatic N) is 2. The van der Waals surface area contributed by atoms with E-state index in [9.17, 15) is 0 Å². The second kappa shape index (κ2) is 7.26. The largest absolute Gasteiger partial charge is 0.327 e. The minimum Gasteiger partial charge on any atom is -0.327 e. The van der Waals surface area contributed by atoms with Crippen molar-refractivity contribution in [1.82, 2.24) is 9.59 Å². The number of nitrogens with two attached hydrogens (primary N) is 1. The van der Waals surface area contributed by atoms with Crippen LogP contribution in [0.5, 0.6) is 0 Å². The Kier molecular flexibility index (Phi) is 6.66. The number of rotatable bonds is 1. The summed E-state index contributed by atoms with van der Waals surface area (Å²) in [4.78, 5) is 0. The van der Waals surface area contributed by atoms with Crippen LogP contribution in [0.3, 0.4) is 0 Å². The van der Waals surface area contributed by atoms with E-state index >= 15 is 0 Å². The van der Waals surface area contributed by atoms with Crippen LogP contribution in [0, 0.1) is 0 Å². The monoisotopic (exact) mass is 143 g/mol. The van der Waals surface area contributed by atoms with Crippen LogP contribution in [0.1, 0.15) is 0 Å². The molecular formula is C5H9N3S. The molecule has 1 rings (SSSR count). The minimum absolute atomic E-state index is 0.583. The van der Waals surface area contributed by atoms with Crippen LogP contribution in [0.15, 0.2) is 24.2 Å². The van der Waals surface area contributed by atoms with Gasteiger partial charge in [0.1, 0.15) is 0 Å². The highest BCUT2D eigenvalue weighted by Gasteiger charge is 1.61. The molecule has 4 heteroatoms. The predicted molar refractivity (Wildman–Crippen MR) is 39.2 cm³/mol. The lowest BCUT2D eigenvalue weighted by molar-refractivity contribution is 1.16. The van der Waals surface area contributed by atoms with Gasteiger partial charge in [0.2, 0.25) is 0 Å². The first-order valence-corrected chi connectivity index (χ1v) is 3.27. The Hall–Kier alpha value is -0.740. The van der Waals surface area contributed by atoms with Crippen molar-refractivity contribution in [2.24, 2.45) is 5.73 Å². The van der Waals surface area contributed by atoms with Crippen LogP contribution < -0.4 is 5.73 Å². The molecule has 0 radical (unpaired) electrons. The summed E-state index contributed by atoms with van der Waals surface area (Å²) in [6.07, 6.45) is 3.31. The average Bonchev–Trinajstić information content (AvgIpc) is 2.43. The molecule has 0 saturated heterocycles. The summed E-state index contributed by atoms with van der Waals surface area (Å²) in [5.74, 6) is 0. The molecule has 50 valence electrons. The van der Waals surface area contributed by atoms with Gasteiger partial charge in [-0.3, -0.25) is 0 Å². The van der Waals surface area contributed by atoms with Gasteiger partial charge in [-0.1, -0.05) is 10.6 Å². The second-order valence-corrected chi connectivity index (χ2v) is 1.76. The van der Waals surface area contributed by atoms with Crippen LogP contribution in [-0.2, 0) is 0 Å². The van der Waals surface area contributed by atoms with Crippen molar-refractivity contribution >= 4 is 11.5 Å². The van der Waals surface area contributed by atoms with E-state index in [0.29, 0.717) is 6.54 Å². The van der Waals surface area contributed by atoms with Crippen LogP contribution >= 0.6 is 11.5 Å². The van der Waals surface area contributed by atoms with Crippen molar-refractivity contribution in [2.75, 3.05) is 6.54 Å². The molecule has 0 spiro atoms. The topological polar surface area (TPSA) is 51.8 Å². The molecule has 0 fully saturated rings. The third kappa shape index (κ3) is 7.26. The second-order valence-electron chi connectivity index (χ2n) is 1.11. The summed E-state index contributed by atoms with van der Waals surface area (Å²) in [5.41, 5.74) is 4.91. The summed E-state index contributed by atoms with van der Waals surface area (Å²) in [7, 11) is 0. The van der Waals surface area contributed by atoms with Gasteiger partial charge in [0.05, 0.1) is 6.20 Å². The van der Waals surface area contributed by atoms with Gasteiger partial charge >= 0.3 is 0 Å². The van der Waals surface area contributed by atoms with Gasteiger partial charge in [-0.05, 0) is 11.5 Å². The maximum absolute atomic E-state index is 4.91. The molecule has 2 N–H and O–H groups in total. The zero-order valence-electron chi connectivity index (χ0n) is 5.03. The molecule has 0 aliphatic carbocycles. The van der Waals surface area contributed by atoms with E-state index < -0.39 is 0 Å². The molecule has 0 aliphatic heterocycles. The smallest absolute Gasteiger partial charge is 0.0620 e. The maximum atomic E-state index is 4.91. The molecule has 0 atom stereocenters. The zero-order valence-corrected chi connectivity index (χ0v) is 5.84. The average molecular weight is 143 g/mol. The van der Waals surface area contributed by atoms with E-state index in [1.54, 1.807) is 12.3 Å². The van der Waals surface area contributed by atoms with E-state index in [1.165, 1.54) is 11.5 Å². The third-order valence-electron chi connectivity index (χ3n) is 0.449. The molecule has 0 aliphatic rings. The fourth-order valence-corrected chi connectivity index (χ4v) is 0.408. The van der Waals surface area contributed by atoms with Crippen LogP contribution in [0.2, 0.25) is 0 Å². The Morgan fingerprint density at radius 3 is 2.56 bits per heavy atom. The normalized spacial score (nSPS) is 7.22. The molecule has 0 aromatic carbocycles. The first-order chi connectivity index (χ1) is 4.41. The quantitative estimate of drug-likeness (QED) is 0.588. The number of hydrogen-bond acceptors (Lipinski definition) is 4. The van der Waals surface area contributed by atoms with Gasteiger partial charge in [-0.2, -0.15) is 0 Å². The molecule has 0 amide bonds.